The zero-order valence-electron chi connectivity index (χ0n) is 14.5. The lowest BCUT2D eigenvalue weighted by molar-refractivity contribution is 0.0945. The highest BCUT2D eigenvalue weighted by Gasteiger charge is 2.08. The summed E-state index contributed by atoms with van der Waals surface area (Å²) in [7, 11) is 0. The van der Waals surface area contributed by atoms with Crippen molar-refractivity contribution in [3.05, 3.63) is 89.1 Å². The Hall–Kier alpha value is -3.35. The molecule has 2 aromatic carbocycles. The smallest absolute Gasteiger partial charge is 0.272 e. The molecular formula is C20H18F2N4O. The van der Waals surface area contributed by atoms with E-state index in [9.17, 15) is 13.6 Å². The second-order valence-corrected chi connectivity index (χ2v) is 5.88. The molecule has 1 amide bonds. The number of amides is 1. The van der Waals surface area contributed by atoms with Crippen molar-refractivity contribution in [2.24, 2.45) is 0 Å². The lowest BCUT2D eigenvalue weighted by Crippen LogP contribution is -2.24. The molecule has 0 unspecified atom stereocenters. The second-order valence-electron chi connectivity index (χ2n) is 5.88. The molecule has 0 saturated heterocycles. The van der Waals surface area contributed by atoms with Crippen molar-refractivity contribution in [1.82, 2.24) is 15.5 Å². The lowest BCUT2D eigenvalue weighted by Gasteiger charge is -2.07. The fourth-order valence-electron chi connectivity index (χ4n) is 2.45. The first-order valence-electron chi connectivity index (χ1n) is 8.45. The van der Waals surface area contributed by atoms with Gasteiger partial charge in [-0.05, 0) is 47.9 Å². The van der Waals surface area contributed by atoms with Gasteiger partial charge in [0, 0.05) is 13.1 Å². The third kappa shape index (κ3) is 5.31. The number of nitrogens with one attached hydrogen (secondary N) is 2. The predicted octanol–water partition coefficient (Wildman–Crippen LogP) is 3.34. The highest BCUT2D eigenvalue weighted by Crippen LogP contribution is 2.08. The molecule has 7 heteroatoms. The SMILES string of the molecule is O=C(NCc1ccc(F)cc1)c1ccc(NCCc2ccccc2F)nn1. The quantitative estimate of drug-likeness (QED) is 0.671. The molecule has 0 atom stereocenters. The van der Waals surface area contributed by atoms with Crippen LogP contribution in [-0.4, -0.2) is 22.6 Å². The normalized spacial score (nSPS) is 10.4. The highest BCUT2D eigenvalue weighted by molar-refractivity contribution is 5.92. The molecule has 1 heterocycles. The Kier molecular flexibility index (Phi) is 6.04. The van der Waals surface area contributed by atoms with E-state index in [-0.39, 0.29) is 29.8 Å². The van der Waals surface area contributed by atoms with Crippen LogP contribution in [0.15, 0.2) is 60.7 Å². The van der Waals surface area contributed by atoms with Gasteiger partial charge >= 0.3 is 0 Å². The Morgan fingerprint density at radius 3 is 2.41 bits per heavy atom. The summed E-state index contributed by atoms with van der Waals surface area (Å²) in [6.45, 7) is 0.759. The van der Waals surface area contributed by atoms with E-state index < -0.39 is 0 Å². The number of carbonyl (C=O) groups excluding carboxylic acids is 1. The number of halogens is 2. The van der Waals surface area contributed by atoms with Gasteiger partial charge in [0.2, 0.25) is 0 Å². The van der Waals surface area contributed by atoms with Crippen LogP contribution in [0, 0.1) is 11.6 Å². The fraction of sp³-hybridized carbons (Fsp3) is 0.150. The van der Waals surface area contributed by atoms with E-state index in [0.717, 1.165) is 5.56 Å². The van der Waals surface area contributed by atoms with Crippen LogP contribution < -0.4 is 10.6 Å². The molecule has 5 nitrogen and oxygen atoms in total. The van der Waals surface area contributed by atoms with E-state index in [1.54, 1.807) is 42.5 Å². The minimum atomic E-state index is -0.371. The zero-order chi connectivity index (χ0) is 19.1. The first kappa shape index (κ1) is 18.4. The van der Waals surface area contributed by atoms with Crippen molar-refractivity contribution in [2.45, 2.75) is 13.0 Å². The molecule has 0 radical (unpaired) electrons. The van der Waals surface area contributed by atoms with Crippen LogP contribution in [0.4, 0.5) is 14.6 Å². The summed E-state index contributed by atoms with van der Waals surface area (Å²) in [5.74, 6) is -0.432. The van der Waals surface area contributed by atoms with Gasteiger partial charge in [0.1, 0.15) is 17.5 Å². The zero-order valence-corrected chi connectivity index (χ0v) is 14.5. The average Bonchev–Trinajstić information content (AvgIpc) is 2.69. The number of hydrogen-bond acceptors (Lipinski definition) is 4. The summed E-state index contributed by atoms with van der Waals surface area (Å²) in [6.07, 6.45) is 0.508. The summed E-state index contributed by atoms with van der Waals surface area (Å²) < 4.78 is 26.4. The van der Waals surface area contributed by atoms with Crippen LogP contribution in [-0.2, 0) is 13.0 Å². The maximum atomic E-state index is 13.6. The Balaban J connectivity index is 1.48. The molecule has 0 aliphatic carbocycles. The number of anilines is 1. The number of nitrogens with zero attached hydrogens (tertiary/aromatic N) is 2. The van der Waals surface area contributed by atoms with Gasteiger partial charge in [-0.2, -0.15) is 0 Å². The summed E-state index contributed by atoms with van der Waals surface area (Å²) >= 11 is 0. The third-order valence-corrected chi connectivity index (χ3v) is 3.92. The van der Waals surface area contributed by atoms with E-state index >= 15 is 0 Å². The summed E-state index contributed by atoms with van der Waals surface area (Å²) in [6, 6.07) is 15.7. The van der Waals surface area contributed by atoms with E-state index in [4.69, 9.17) is 0 Å². The van der Waals surface area contributed by atoms with Crippen molar-refractivity contribution in [3.8, 4) is 0 Å². The molecule has 3 rings (SSSR count). The van der Waals surface area contributed by atoms with E-state index in [1.165, 1.54) is 18.2 Å². The predicted molar refractivity (Wildman–Crippen MR) is 98.2 cm³/mol. The number of benzene rings is 2. The fourth-order valence-corrected chi connectivity index (χ4v) is 2.45. The Morgan fingerprint density at radius 1 is 0.926 bits per heavy atom. The molecule has 1 aromatic heterocycles. The minimum absolute atomic E-state index is 0.178. The Morgan fingerprint density at radius 2 is 1.70 bits per heavy atom. The van der Waals surface area contributed by atoms with Crippen molar-refractivity contribution in [3.63, 3.8) is 0 Å². The van der Waals surface area contributed by atoms with Crippen molar-refractivity contribution < 1.29 is 13.6 Å². The monoisotopic (exact) mass is 368 g/mol. The first-order chi connectivity index (χ1) is 13.1. The molecule has 27 heavy (non-hydrogen) atoms. The minimum Gasteiger partial charge on any atom is -0.368 e. The Labute approximate surface area is 155 Å². The molecule has 0 aliphatic rings. The van der Waals surface area contributed by atoms with Gasteiger partial charge in [0.25, 0.3) is 5.91 Å². The van der Waals surface area contributed by atoms with E-state index in [0.29, 0.717) is 24.3 Å². The molecule has 2 N–H and O–H groups in total. The van der Waals surface area contributed by atoms with E-state index in [1.807, 2.05) is 0 Å². The van der Waals surface area contributed by atoms with Crippen molar-refractivity contribution >= 4 is 11.7 Å². The molecule has 0 saturated carbocycles. The molecule has 0 spiro atoms. The van der Waals surface area contributed by atoms with Crippen LogP contribution >= 0.6 is 0 Å². The largest absolute Gasteiger partial charge is 0.368 e. The second kappa shape index (κ2) is 8.84. The first-order valence-corrected chi connectivity index (χ1v) is 8.45. The van der Waals surface area contributed by atoms with Crippen LogP contribution in [0.5, 0.6) is 0 Å². The van der Waals surface area contributed by atoms with Crippen molar-refractivity contribution in [2.75, 3.05) is 11.9 Å². The maximum absolute atomic E-state index is 13.6. The van der Waals surface area contributed by atoms with Gasteiger partial charge in [-0.15, -0.1) is 10.2 Å². The van der Waals surface area contributed by atoms with Crippen LogP contribution in [0.1, 0.15) is 21.6 Å². The molecule has 0 fully saturated rings. The molecule has 0 aliphatic heterocycles. The maximum Gasteiger partial charge on any atom is 0.272 e. The number of carbonyl (C=O) groups is 1. The Bertz CT molecular complexity index is 899. The molecular weight excluding hydrogens is 350 g/mol. The van der Waals surface area contributed by atoms with Crippen molar-refractivity contribution in [1.29, 1.82) is 0 Å². The van der Waals surface area contributed by atoms with Gasteiger partial charge in [-0.3, -0.25) is 4.79 Å². The van der Waals surface area contributed by atoms with Crippen LogP contribution in [0.25, 0.3) is 0 Å². The summed E-state index contributed by atoms with van der Waals surface area (Å²) in [4.78, 5) is 12.1. The van der Waals surface area contributed by atoms with Gasteiger partial charge in [0.05, 0.1) is 0 Å². The van der Waals surface area contributed by atoms with E-state index in [2.05, 4.69) is 20.8 Å². The molecule has 0 bridgehead atoms. The summed E-state index contributed by atoms with van der Waals surface area (Å²) in [5, 5.41) is 13.6. The van der Waals surface area contributed by atoms with Gasteiger partial charge in [0.15, 0.2) is 5.69 Å². The number of hydrogen-bond donors (Lipinski definition) is 2. The van der Waals surface area contributed by atoms with Crippen LogP contribution in [0.3, 0.4) is 0 Å². The topological polar surface area (TPSA) is 66.9 Å². The van der Waals surface area contributed by atoms with Gasteiger partial charge in [-0.25, -0.2) is 8.78 Å². The van der Waals surface area contributed by atoms with Crippen LogP contribution in [0.2, 0.25) is 0 Å². The molecule has 3 aromatic rings. The third-order valence-electron chi connectivity index (χ3n) is 3.92. The average molecular weight is 368 g/mol. The highest BCUT2D eigenvalue weighted by atomic mass is 19.1. The lowest BCUT2D eigenvalue weighted by atomic mass is 10.1. The number of rotatable bonds is 7. The van der Waals surface area contributed by atoms with Gasteiger partial charge < -0.3 is 10.6 Å². The standard InChI is InChI=1S/C20H18F2N4O/c21-16-7-5-14(6-8-16)13-24-20(27)18-9-10-19(26-25-18)23-12-11-15-3-1-2-4-17(15)22/h1-10H,11-13H2,(H,23,26)(H,24,27). The van der Waals surface area contributed by atoms with Gasteiger partial charge in [-0.1, -0.05) is 30.3 Å². The number of aromatic nitrogens is 2. The summed E-state index contributed by atoms with van der Waals surface area (Å²) in [5.41, 5.74) is 1.58. The molecule has 138 valence electrons.